The van der Waals surface area contributed by atoms with E-state index in [9.17, 15) is 57.5 Å². The van der Waals surface area contributed by atoms with E-state index in [0.717, 1.165) is 12.1 Å². The molecule has 0 saturated carbocycles. The lowest BCUT2D eigenvalue weighted by Crippen LogP contribution is -2.44. The van der Waals surface area contributed by atoms with Crippen LogP contribution in [0, 0.1) is 10.1 Å². The van der Waals surface area contributed by atoms with E-state index in [2.05, 4.69) is 52.1 Å². The molecule has 0 unspecified atom stereocenters. The fourth-order valence-electron chi connectivity index (χ4n) is 7.46. The first-order valence-electron chi connectivity index (χ1n) is 23.1. The molecule has 0 saturated heterocycles. The molecule has 0 bridgehead atoms. The van der Waals surface area contributed by atoms with Gasteiger partial charge < -0.3 is 30.6 Å². The third kappa shape index (κ3) is 13.6. The lowest BCUT2D eigenvalue weighted by atomic mass is 10.0. The standard InChI is InChI=1S/C50H48F3N13O9/c1-30-56-60-46(61-57-30)33-11-13-34(14-12-33)47(72)55-24-25-65(48(73)35-15-19-38(20-16-35)58-59-39-21-17-37(18-22-39)49(62-63-49)50(51,52)53)29-42(68)54-23-5-3-4-6-43(69)64(2)28-31-7-9-32(10-8-31)44(70)36-26-40(66(74)75)45(71)41(67)27-36/h7-22,26-27,67,71H,3-6,23-25,28-29H2,1-2H3,(H,54,68)(H,55,72)(H,56,57)(H,60,61)/b59-58+. The van der Waals surface area contributed by atoms with Crippen molar-refractivity contribution in [2.45, 2.75) is 51.0 Å². The quantitative estimate of drug-likeness (QED) is 0.0100. The summed E-state index contributed by atoms with van der Waals surface area (Å²) in [7, 11) is 1.63. The van der Waals surface area contributed by atoms with Gasteiger partial charge in [0.2, 0.25) is 17.6 Å². The molecule has 22 nitrogen and oxygen atoms in total. The topological polar surface area (TPSA) is 298 Å². The Morgan fingerprint density at radius 2 is 1.39 bits per heavy atom. The van der Waals surface area contributed by atoms with Crippen molar-refractivity contribution in [2.75, 3.05) is 33.2 Å². The van der Waals surface area contributed by atoms with Crippen molar-refractivity contribution >= 4 is 58.1 Å². The fraction of sp³-hybridized carbons (Fsp3) is 0.260. The predicted molar refractivity (Wildman–Crippen MR) is 264 cm³/mol. The van der Waals surface area contributed by atoms with E-state index in [-0.39, 0.29) is 73.0 Å². The number of phenolic OH excluding ortho intramolecular Hbond substituents is 2. The molecule has 25 heteroatoms. The second-order valence-corrected chi connectivity index (χ2v) is 17.2. The Morgan fingerprint density at radius 3 is 1.99 bits per heavy atom. The number of hydrogen-bond acceptors (Lipinski definition) is 17. The van der Waals surface area contributed by atoms with Crippen LogP contribution in [0.1, 0.15) is 85.9 Å². The van der Waals surface area contributed by atoms with Crippen LogP contribution >= 0.6 is 0 Å². The minimum absolute atomic E-state index is 0.0156. The van der Waals surface area contributed by atoms with Gasteiger partial charge in [-0.05, 0) is 79.9 Å². The molecule has 0 atom stereocenters. The van der Waals surface area contributed by atoms with Gasteiger partial charge in [0.05, 0.1) is 22.8 Å². The highest BCUT2D eigenvalue weighted by molar-refractivity contribution is 6.10. The summed E-state index contributed by atoms with van der Waals surface area (Å²) < 4.78 is 40.2. The van der Waals surface area contributed by atoms with Gasteiger partial charge in [0, 0.05) is 79.1 Å². The fourth-order valence-corrected chi connectivity index (χ4v) is 7.46. The number of rotatable bonds is 22. The van der Waals surface area contributed by atoms with Crippen LogP contribution in [0.25, 0.3) is 0 Å². The smallest absolute Gasteiger partial charge is 0.442 e. The van der Waals surface area contributed by atoms with Gasteiger partial charge in [0.25, 0.3) is 11.8 Å². The molecule has 0 spiro atoms. The molecule has 5 aromatic rings. The highest BCUT2D eigenvalue weighted by atomic mass is 19.4. The molecule has 0 aliphatic carbocycles. The van der Waals surface area contributed by atoms with E-state index in [0.29, 0.717) is 53.3 Å². The average molecular weight is 1030 g/mol. The van der Waals surface area contributed by atoms with Gasteiger partial charge in [-0.15, -0.1) is 20.4 Å². The summed E-state index contributed by atoms with van der Waals surface area (Å²) in [6, 6.07) is 25.7. The second-order valence-electron chi connectivity index (χ2n) is 17.2. The normalized spacial score (nSPS) is 13.4. The molecule has 388 valence electrons. The molecule has 2 aliphatic heterocycles. The van der Waals surface area contributed by atoms with Gasteiger partial charge in [0.15, 0.2) is 17.4 Å². The summed E-state index contributed by atoms with van der Waals surface area (Å²) in [5.41, 5.74) is 4.72. The Balaban J connectivity index is 0.888. The number of carbonyl (C=O) groups is 5. The molecule has 6 N–H and O–H groups in total. The number of nitrogens with one attached hydrogen (secondary N) is 4. The first-order valence-corrected chi connectivity index (χ1v) is 23.1. The van der Waals surface area contributed by atoms with Gasteiger partial charge in [-0.25, -0.2) is 0 Å². The Kier molecular flexibility index (Phi) is 16.7. The van der Waals surface area contributed by atoms with E-state index in [1.165, 1.54) is 70.5 Å². The van der Waals surface area contributed by atoms with Crippen molar-refractivity contribution in [1.82, 2.24) is 31.3 Å². The van der Waals surface area contributed by atoms with Crippen LogP contribution in [0.4, 0.5) is 30.2 Å². The molecule has 4 amide bonds. The van der Waals surface area contributed by atoms with Crippen LogP contribution in [0.5, 0.6) is 11.5 Å². The Labute approximate surface area is 425 Å². The molecule has 2 heterocycles. The maximum absolute atomic E-state index is 13.9. The summed E-state index contributed by atoms with van der Waals surface area (Å²) in [5, 5.41) is 59.1. The Bertz CT molecular complexity index is 3090. The minimum atomic E-state index is -4.67. The summed E-state index contributed by atoms with van der Waals surface area (Å²) in [6.07, 6.45) is -2.83. The number of ketones is 1. The van der Waals surface area contributed by atoms with E-state index >= 15 is 0 Å². The zero-order valence-electron chi connectivity index (χ0n) is 40.2. The molecule has 0 aromatic heterocycles. The van der Waals surface area contributed by atoms with Crippen molar-refractivity contribution in [2.24, 2.45) is 30.7 Å². The second kappa shape index (κ2) is 23.4. The number of carbonyl (C=O) groups excluding carboxylic acids is 5. The van der Waals surface area contributed by atoms with Crippen LogP contribution in [0.2, 0.25) is 0 Å². The molecule has 75 heavy (non-hydrogen) atoms. The summed E-state index contributed by atoms with van der Waals surface area (Å²) >= 11 is 0. The Morgan fingerprint density at radius 1 is 0.760 bits per heavy atom. The third-order valence-corrected chi connectivity index (χ3v) is 11.7. The maximum atomic E-state index is 13.9. The number of hydrogen-bond donors (Lipinski definition) is 6. The van der Waals surface area contributed by atoms with Crippen LogP contribution in [-0.4, -0.2) is 105 Å². The number of amides is 4. The zero-order valence-corrected chi connectivity index (χ0v) is 40.2. The number of nitrogens with zero attached hydrogens (tertiary/aromatic N) is 9. The van der Waals surface area contributed by atoms with Gasteiger partial charge in [-0.1, -0.05) is 55.0 Å². The lowest BCUT2D eigenvalue weighted by Gasteiger charge is -2.23. The lowest BCUT2D eigenvalue weighted by molar-refractivity contribution is -0.386. The van der Waals surface area contributed by atoms with E-state index < -0.39 is 57.5 Å². The maximum Gasteiger partial charge on any atom is 0.442 e. The number of nitro groups is 1. The number of azo groups is 1. The minimum Gasteiger partial charge on any atom is -0.504 e. The molecular formula is C50H48F3N13O9. The van der Waals surface area contributed by atoms with Crippen LogP contribution in [0.3, 0.4) is 0 Å². The molecular weight excluding hydrogens is 984 g/mol. The van der Waals surface area contributed by atoms with E-state index in [4.69, 9.17) is 0 Å². The van der Waals surface area contributed by atoms with Crippen molar-refractivity contribution in [3.05, 3.63) is 158 Å². The number of phenols is 2. The van der Waals surface area contributed by atoms with E-state index in [1.54, 1.807) is 50.4 Å². The molecule has 0 fully saturated rings. The van der Waals surface area contributed by atoms with Crippen molar-refractivity contribution in [1.29, 1.82) is 0 Å². The number of amidine groups is 2. The van der Waals surface area contributed by atoms with Gasteiger partial charge in [0.1, 0.15) is 5.84 Å². The molecule has 0 radical (unpaired) electrons. The van der Waals surface area contributed by atoms with Crippen molar-refractivity contribution in [3.63, 3.8) is 0 Å². The molecule has 5 aromatic carbocycles. The SMILES string of the molecule is CC1=NN=C(c2ccc(C(=O)NCCN(CC(=O)NCCCCCC(=O)N(C)Cc3ccc(C(=O)c4cc(O)c(O)c([N+](=O)[O-])c4)cc3)C(=O)c3ccc(/N=N/c4ccc(C5(C(F)(F)F)N=N5)cc4)cc3)cc2)NN1. The largest absolute Gasteiger partial charge is 0.504 e. The van der Waals surface area contributed by atoms with Gasteiger partial charge >= 0.3 is 17.5 Å². The third-order valence-electron chi connectivity index (χ3n) is 11.7. The molecule has 7 rings (SSSR count). The monoisotopic (exact) mass is 1030 g/mol. The number of alkyl halides is 3. The van der Waals surface area contributed by atoms with Gasteiger partial charge in [-0.3, -0.25) is 44.9 Å². The summed E-state index contributed by atoms with van der Waals surface area (Å²) in [5.74, 6) is -2.89. The zero-order chi connectivity index (χ0) is 53.9. The van der Waals surface area contributed by atoms with Crippen LogP contribution < -0.4 is 21.5 Å². The number of nitro benzene ring substituents is 1. The number of halogens is 3. The van der Waals surface area contributed by atoms with E-state index in [1.807, 2.05) is 0 Å². The van der Waals surface area contributed by atoms with Crippen LogP contribution in [-0.2, 0) is 21.8 Å². The molecule has 2 aliphatic rings. The average Bonchev–Trinajstić information content (AvgIpc) is 4.24. The van der Waals surface area contributed by atoms with Crippen LogP contribution in [0.15, 0.2) is 140 Å². The summed E-state index contributed by atoms with van der Waals surface area (Å²) in [6.45, 7) is 1.79. The predicted octanol–water partition coefficient (Wildman–Crippen LogP) is 7.23. The Hall–Kier alpha value is -9.42. The van der Waals surface area contributed by atoms with Crippen molar-refractivity contribution < 1.29 is 52.3 Å². The number of hydrazine groups is 1. The number of unbranched alkanes of at least 4 members (excludes halogenated alkanes) is 2. The first-order chi connectivity index (χ1) is 35.8. The number of aromatic hydroxyl groups is 2. The summed E-state index contributed by atoms with van der Waals surface area (Å²) in [4.78, 5) is 79.3. The van der Waals surface area contributed by atoms with Gasteiger partial charge in [-0.2, -0.15) is 23.4 Å². The highest BCUT2D eigenvalue weighted by Crippen LogP contribution is 2.52. The number of benzene rings is 5. The highest BCUT2D eigenvalue weighted by Gasteiger charge is 2.65. The van der Waals surface area contributed by atoms with Crippen molar-refractivity contribution in [3.8, 4) is 11.5 Å². The first kappa shape index (κ1) is 53.4.